The Balaban J connectivity index is 1.80. The third-order valence-electron chi connectivity index (χ3n) is 5.43. The number of hydrogen-bond acceptors (Lipinski definition) is 2. The van der Waals surface area contributed by atoms with Crippen LogP contribution in [-0.4, -0.2) is 17.8 Å². The summed E-state index contributed by atoms with van der Waals surface area (Å²) in [5.41, 5.74) is 1.49. The molecule has 2 nitrogen and oxygen atoms in total. The Morgan fingerprint density at radius 1 is 1.29 bits per heavy atom. The molecule has 2 heteroatoms. The molecule has 1 aromatic rings. The molecule has 0 aliphatic heterocycles. The van der Waals surface area contributed by atoms with Gasteiger partial charge >= 0.3 is 0 Å². The molecule has 1 N–H and O–H groups in total. The van der Waals surface area contributed by atoms with Crippen molar-refractivity contribution in [1.82, 2.24) is 0 Å². The van der Waals surface area contributed by atoms with Crippen LogP contribution in [0.1, 0.15) is 52.0 Å². The van der Waals surface area contributed by atoms with Crippen molar-refractivity contribution in [2.24, 2.45) is 17.3 Å². The van der Waals surface area contributed by atoms with E-state index in [0.717, 1.165) is 25.9 Å². The van der Waals surface area contributed by atoms with Crippen molar-refractivity contribution in [2.75, 3.05) is 6.61 Å². The van der Waals surface area contributed by atoms with Crippen molar-refractivity contribution >= 4 is 0 Å². The minimum absolute atomic E-state index is 0.108. The molecule has 0 aromatic heterocycles. The topological polar surface area (TPSA) is 29.5 Å². The fourth-order valence-electron chi connectivity index (χ4n) is 3.67. The summed E-state index contributed by atoms with van der Waals surface area (Å²) in [4.78, 5) is 0. The van der Waals surface area contributed by atoms with E-state index < -0.39 is 0 Å². The van der Waals surface area contributed by atoms with E-state index in [9.17, 15) is 5.11 Å². The number of aliphatic hydroxyl groups excluding tert-OH is 1. The van der Waals surface area contributed by atoms with Crippen molar-refractivity contribution < 1.29 is 9.84 Å². The molecule has 21 heavy (non-hydrogen) atoms. The molecule has 1 aliphatic carbocycles. The van der Waals surface area contributed by atoms with Gasteiger partial charge < -0.3 is 9.84 Å². The van der Waals surface area contributed by atoms with Gasteiger partial charge in [-0.25, -0.2) is 0 Å². The molecule has 0 spiro atoms. The third kappa shape index (κ3) is 4.55. The highest BCUT2D eigenvalue weighted by Gasteiger charge is 2.38. The molecule has 1 aromatic carbocycles. The Hall–Kier alpha value is -0.860. The van der Waals surface area contributed by atoms with Crippen LogP contribution in [-0.2, 0) is 11.3 Å². The van der Waals surface area contributed by atoms with Crippen LogP contribution in [0.25, 0.3) is 0 Å². The van der Waals surface area contributed by atoms with Gasteiger partial charge in [0.1, 0.15) is 0 Å². The molecule has 0 radical (unpaired) electrons. The molecule has 2 rings (SSSR count). The summed E-state index contributed by atoms with van der Waals surface area (Å²) in [6.07, 6.45) is 4.19. The molecular formula is C19H30O2. The van der Waals surface area contributed by atoms with E-state index in [-0.39, 0.29) is 11.5 Å². The van der Waals surface area contributed by atoms with Gasteiger partial charge in [-0.3, -0.25) is 0 Å². The SMILES string of the molecule is C[C@H](COCc1ccccc1)[C@H](C)[C@@]1(C)CCC[C@H](O)C1. The van der Waals surface area contributed by atoms with Crippen LogP contribution in [0, 0.1) is 17.3 Å². The van der Waals surface area contributed by atoms with E-state index >= 15 is 0 Å². The number of benzene rings is 1. The summed E-state index contributed by atoms with van der Waals surface area (Å²) in [6, 6.07) is 10.3. The van der Waals surface area contributed by atoms with E-state index in [1.54, 1.807) is 0 Å². The largest absolute Gasteiger partial charge is 0.393 e. The summed E-state index contributed by atoms with van der Waals surface area (Å²) in [7, 11) is 0. The lowest BCUT2D eigenvalue weighted by Crippen LogP contribution is -2.38. The second-order valence-electron chi connectivity index (χ2n) is 7.17. The monoisotopic (exact) mass is 290 g/mol. The van der Waals surface area contributed by atoms with Gasteiger partial charge in [-0.2, -0.15) is 0 Å². The fraction of sp³-hybridized carbons (Fsp3) is 0.684. The average molecular weight is 290 g/mol. The zero-order valence-corrected chi connectivity index (χ0v) is 13.7. The van der Waals surface area contributed by atoms with Crippen LogP contribution >= 0.6 is 0 Å². The molecule has 1 aliphatic rings. The van der Waals surface area contributed by atoms with Gasteiger partial charge in [-0.1, -0.05) is 57.5 Å². The van der Waals surface area contributed by atoms with E-state index in [1.165, 1.54) is 12.0 Å². The predicted octanol–water partition coefficient (Wildman–Crippen LogP) is 4.42. The molecule has 0 heterocycles. The highest BCUT2D eigenvalue weighted by molar-refractivity contribution is 5.13. The van der Waals surface area contributed by atoms with Gasteiger partial charge in [-0.05, 0) is 42.1 Å². The first kappa shape index (κ1) is 16.5. The zero-order valence-electron chi connectivity index (χ0n) is 13.7. The highest BCUT2D eigenvalue weighted by Crippen LogP contribution is 2.45. The molecule has 0 amide bonds. The lowest BCUT2D eigenvalue weighted by atomic mass is 9.63. The van der Waals surface area contributed by atoms with Gasteiger partial charge in [0.2, 0.25) is 0 Å². The van der Waals surface area contributed by atoms with E-state index in [1.807, 2.05) is 6.07 Å². The molecule has 1 fully saturated rings. The van der Waals surface area contributed by atoms with Crippen LogP contribution in [0.3, 0.4) is 0 Å². The van der Waals surface area contributed by atoms with Crippen molar-refractivity contribution in [3.05, 3.63) is 35.9 Å². The van der Waals surface area contributed by atoms with Crippen LogP contribution in [0.15, 0.2) is 30.3 Å². The minimum Gasteiger partial charge on any atom is -0.393 e. The molecule has 0 unspecified atom stereocenters. The molecule has 118 valence electrons. The van der Waals surface area contributed by atoms with Gasteiger partial charge in [0.05, 0.1) is 12.7 Å². The molecular weight excluding hydrogens is 260 g/mol. The minimum atomic E-state index is -0.108. The Kier molecular flexibility index (Phi) is 5.83. The lowest BCUT2D eigenvalue weighted by molar-refractivity contribution is -0.0142. The Morgan fingerprint density at radius 2 is 2.00 bits per heavy atom. The lowest BCUT2D eigenvalue weighted by Gasteiger charge is -2.43. The standard InChI is InChI=1S/C19H30O2/c1-15(13-21-14-17-8-5-4-6-9-17)16(2)19(3)11-7-10-18(20)12-19/h4-6,8-9,15-16,18,20H,7,10-14H2,1-3H3/t15-,16+,18+,19+/m1/s1. The molecule has 0 saturated heterocycles. The summed E-state index contributed by atoms with van der Waals surface area (Å²) >= 11 is 0. The smallest absolute Gasteiger partial charge is 0.0717 e. The number of rotatable bonds is 6. The number of aliphatic hydroxyl groups is 1. The van der Waals surface area contributed by atoms with Gasteiger partial charge in [0.15, 0.2) is 0 Å². The number of hydrogen-bond donors (Lipinski definition) is 1. The maximum atomic E-state index is 9.97. The van der Waals surface area contributed by atoms with Crippen LogP contribution < -0.4 is 0 Å². The van der Waals surface area contributed by atoms with Crippen molar-refractivity contribution in [3.8, 4) is 0 Å². The fourth-order valence-corrected chi connectivity index (χ4v) is 3.67. The molecule has 0 bridgehead atoms. The first-order valence-corrected chi connectivity index (χ1v) is 8.31. The molecule has 1 saturated carbocycles. The van der Waals surface area contributed by atoms with Crippen LogP contribution in [0.5, 0.6) is 0 Å². The summed E-state index contributed by atoms with van der Waals surface area (Å²) in [6.45, 7) is 8.43. The Labute approximate surface area is 129 Å². The van der Waals surface area contributed by atoms with Crippen molar-refractivity contribution in [2.45, 2.75) is 59.2 Å². The normalized spacial score (nSPS) is 29.0. The second-order valence-corrected chi connectivity index (χ2v) is 7.17. The summed E-state index contributed by atoms with van der Waals surface area (Å²) in [5.74, 6) is 1.09. The van der Waals surface area contributed by atoms with E-state index in [2.05, 4.69) is 45.0 Å². The van der Waals surface area contributed by atoms with Crippen molar-refractivity contribution in [3.63, 3.8) is 0 Å². The third-order valence-corrected chi connectivity index (χ3v) is 5.43. The first-order valence-electron chi connectivity index (χ1n) is 8.31. The Bertz CT molecular complexity index is 417. The van der Waals surface area contributed by atoms with Gasteiger partial charge in [-0.15, -0.1) is 0 Å². The van der Waals surface area contributed by atoms with Gasteiger partial charge in [0, 0.05) is 6.61 Å². The van der Waals surface area contributed by atoms with Crippen molar-refractivity contribution in [1.29, 1.82) is 0 Å². The van der Waals surface area contributed by atoms with Crippen LogP contribution in [0.2, 0.25) is 0 Å². The summed E-state index contributed by atoms with van der Waals surface area (Å²) < 4.78 is 5.90. The van der Waals surface area contributed by atoms with E-state index in [0.29, 0.717) is 18.4 Å². The average Bonchev–Trinajstić information content (AvgIpc) is 2.47. The zero-order chi connectivity index (χ0) is 15.3. The highest BCUT2D eigenvalue weighted by atomic mass is 16.5. The maximum Gasteiger partial charge on any atom is 0.0717 e. The Morgan fingerprint density at radius 3 is 2.67 bits per heavy atom. The first-order chi connectivity index (χ1) is 10.0. The molecule has 4 atom stereocenters. The summed E-state index contributed by atoms with van der Waals surface area (Å²) in [5, 5.41) is 9.97. The predicted molar refractivity (Wildman–Crippen MR) is 87.0 cm³/mol. The van der Waals surface area contributed by atoms with Crippen LogP contribution in [0.4, 0.5) is 0 Å². The maximum absolute atomic E-state index is 9.97. The van der Waals surface area contributed by atoms with Gasteiger partial charge in [0.25, 0.3) is 0 Å². The quantitative estimate of drug-likeness (QED) is 0.840. The second kappa shape index (κ2) is 7.42. The number of ether oxygens (including phenoxy) is 1. The van der Waals surface area contributed by atoms with E-state index in [4.69, 9.17) is 4.74 Å².